The van der Waals surface area contributed by atoms with Crippen LogP contribution in [0.2, 0.25) is 0 Å². The van der Waals surface area contributed by atoms with E-state index in [4.69, 9.17) is 0 Å². The van der Waals surface area contributed by atoms with Crippen molar-refractivity contribution in [2.24, 2.45) is 0 Å². The summed E-state index contributed by atoms with van der Waals surface area (Å²) in [6.45, 7) is 6.97. The standard InChI is InChI=1S/C36H67N/c1-3-5-7-9-11-13-15-17-19-21-23-25-27-29-31-33-35-37-36-34-32-30-28-26-24-22-20-18-16-14-12-10-8-6-4-2/h11-14,17-20,37H,3-10,15-16,21-36H2,1-2H3. The highest BCUT2D eigenvalue weighted by Gasteiger charge is 1.94. The van der Waals surface area contributed by atoms with Crippen LogP contribution in [0.5, 0.6) is 0 Å². The Hall–Kier alpha value is -1.08. The van der Waals surface area contributed by atoms with Crippen LogP contribution in [0.1, 0.15) is 168 Å². The molecule has 0 fully saturated rings. The summed E-state index contributed by atoms with van der Waals surface area (Å²) in [5, 5.41) is 3.66. The van der Waals surface area contributed by atoms with Crippen LogP contribution in [-0.2, 0) is 0 Å². The van der Waals surface area contributed by atoms with Crippen LogP contribution < -0.4 is 5.32 Å². The van der Waals surface area contributed by atoms with Gasteiger partial charge in [-0.25, -0.2) is 0 Å². The summed E-state index contributed by atoms with van der Waals surface area (Å²) in [6, 6.07) is 0. The van der Waals surface area contributed by atoms with Gasteiger partial charge in [-0.1, -0.05) is 140 Å². The van der Waals surface area contributed by atoms with E-state index in [9.17, 15) is 0 Å². The number of hydrogen-bond acceptors (Lipinski definition) is 1. The molecule has 0 aliphatic rings. The SMILES string of the molecule is CCCCCC=CCC=CCCCCCCCCNCCCCCCCCC=CCC=CCCCCC. The molecule has 0 amide bonds. The Bertz CT molecular complexity index is 467. The lowest BCUT2D eigenvalue weighted by Gasteiger charge is -2.05. The topological polar surface area (TPSA) is 12.0 Å². The van der Waals surface area contributed by atoms with Gasteiger partial charge < -0.3 is 5.32 Å². The van der Waals surface area contributed by atoms with Gasteiger partial charge in [0.15, 0.2) is 0 Å². The number of nitrogens with one attached hydrogen (secondary N) is 1. The molecule has 216 valence electrons. The summed E-state index contributed by atoms with van der Waals surface area (Å²) in [4.78, 5) is 0. The van der Waals surface area contributed by atoms with Crippen molar-refractivity contribution in [3.8, 4) is 0 Å². The van der Waals surface area contributed by atoms with Gasteiger partial charge in [-0.2, -0.15) is 0 Å². The summed E-state index contributed by atoms with van der Waals surface area (Å²) in [5.41, 5.74) is 0. The Morgan fingerprint density at radius 1 is 0.324 bits per heavy atom. The number of allylic oxidation sites excluding steroid dienone is 8. The molecule has 37 heavy (non-hydrogen) atoms. The third kappa shape index (κ3) is 34.9. The maximum absolute atomic E-state index is 3.66. The van der Waals surface area contributed by atoms with Gasteiger partial charge in [0, 0.05) is 0 Å². The molecule has 0 saturated carbocycles. The van der Waals surface area contributed by atoms with E-state index >= 15 is 0 Å². The zero-order valence-corrected chi connectivity index (χ0v) is 25.5. The molecule has 0 unspecified atom stereocenters. The quantitative estimate of drug-likeness (QED) is 0.0743. The van der Waals surface area contributed by atoms with Crippen molar-refractivity contribution < 1.29 is 0 Å². The van der Waals surface area contributed by atoms with E-state index in [1.54, 1.807) is 0 Å². The molecule has 1 heteroatoms. The summed E-state index contributed by atoms with van der Waals surface area (Å²) >= 11 is 0. The van der Waals surface area contributed by atoms with E-state index in [0.717, 1.165) is 12.8 Å². The molecule has 0 bridgehead atoms. The van der Waals surface area contributed by atoms with Crippen molar-refractivity contribution in [2.75, 3.05) is 13.1 Å². The molecule has 0 heterocycles. The molecule has 0 aromatic heterocycles. The van der Waals surface area contributed by atoms with Gasteiger partial charge in [0.25, 0.3) is 0 Å². The molecule has 0 saturated heterocycles. The minimum atomic E-state index is 1.12. The highest BCUT2D eigenvalue weighted by molar-refractivity contribution is 4.93. The van der Waals surface area contributed by atoms with Crippen molar-refractivity contribution in [1.82, 2.24) is 5.32 Å². The number of rotatable bonds is 30. The van der Waals surface area contributed by atoms with Crippen LogP contribution in [0.4, 0.5) is 0 Å². The van der Waals surface area contributed by atoms with Crippen molar-refractivity contribution in [3.05, 3.63) is 48.6 Å². The second-order valence-electron chi connectivity index (χ2n) is 10.9. The third-order valence-electron chi connectivity index (χ3n) is 7.11. The second kappa shape index (κ2) is 34.9. The lowest BCUT2D eigenvalue weighted by molar-refractivity contribution is 0.540. The van der Waals surface area contributed by atoms with E-state index in [2.05, 4.69) is 67.8 Å². The van der Waals surface area contributed by atoms with Crippen molar-refractivity contribution in [2.45, 2.75) is 168 Å². The van der Waals surface area contributed by atoms with E-state index < -0.39 is 0 Å². The van der Waals surface area contributed by atoms with E-state index in [1.165, 1.54) is 154 Å². The molecule has 0 radical (unpaired) electrons. The molecule has 0 atom stereocenters. The highest BCUT2D eigenvalue weighted by atomic mass is 14.8. The largest absolute Gasteiger partial charge is 0.317 e. The van der Waals surface area contributed by atoms with Gasteiger partial charge in [-0.3, -0.25) is 0 Å². The summed E-state index contributed by atoms with van der Waals surface area (Å²) in [7, 11) is 0. The lowest BCUT2D eigenvalue weighted by atomic mass is 10.1. The van der Waals surface area contributed by atoms with E-state index in [-0.39, 0.29) is 0 Å². The first-order valence-corrected chi connectivity index (χ1v) is 16.7. The van der Waals surface area contributed by atoms with Gasteiger partial charge >= 0.3 is 0 Å². The normalized spacial score (nSPS) is 12.4. The number of unbranched alkanes of at least 4 members (excludes halogenated alkanes) is 18. The highest BCUT2D eigenvalue weighted by Crippen LogP contribution is 2.09. The predicted octanol–water partition coefficient (Wildman–Crippen LogP) is 12.2. The van der Waals surface area contributed by atoms with E-state index in [0.29, 0.717) is 0 Å². The van der Waals surface area contributed by atoms with Gasteiger partial charge in [0.05, 0.1) is 0 Å². The van der Waals surface area contributed by atoms with Crippen LogP contribution in [0.15, 0.2) is 48.6 Å². The zero-order valence-electron chi connectivity index (χ0n) is 25.5. The summed E-state index contributed by atoms with van der Waals surface area (Å²) in [5.74, 6) is 0. The average molecular weight is 514 g/mol. The molecule has 0 aromatic carbocycles. The Balaban J connectivity index is 3.16. The molecule has 0 aliphatic carbocycles. The molecule has 1 nitrogen and oxygen atoms in total. The third-order valence-corrected chi connectivity index (χ3v) is 7.11. The van der Waals surface area contributed by atoms with Crippen molar-refractivity contribution >= 4 is 0 Å². The lowest BCUT2D eigenvalue weighted by Crippen LogP contribution is -2.16. The molecule has 0 rings (SSSR count). The zero-order chi connectivity index (χ0) is 26.7. The first-order chi connectivity index (χ1) is 18.4. The number of hydrogen-bond donors (Lipinski definition) is 1. The molecule has 1 N–H and O–H groups in total. The smallest absolute Gasteiger partial charge is 0.00489 e. The Labute approximate surface area is 234 Å². The maximum atomic E-state index is 3.66. The fraction of sp³-hybridized carbons (Fsp3) is 0.778. The van der Waals surface area contributed by atoms with Crippen LogP contribution in [0.3, 0.4) is 0 Å². The summed E-state index contributed by atoms with van der Waals surface area (Å²) < 4.78 is 0. The average Bonchev–Trinajstić information content (AvgIpc) is 2.91. The summed E-state index contributed by atoms with van der Waals surface area (Å²) in [6.07, 6.45) is 50.9. The molecule has 0 spiro atoms. The first kappa shape index (κ1) is 35.9. The minimum absolute atomic E-state index is 1.12. The van der Waals surface area contributed by atoms with Gasteiger partial charge in [0.2, 0.25) is 0 Å². The molecular weight excluding hydrogens is 446 g/mol. The van der Waals surface area contributed by atoms with Gasteiger partial charge in [0.1, 0.15) is 0 Å². The Morgan fingerprint density at radius 3 is 0.973 bits per heavy atom. The maximum Gasteiger partial charge on any atom is -0.00489 e. The Morgan fingerprint density at radius 2 is 0.622 bits per heavy atom. The molecule has 0 aromatic rings. The molecular formula is C36H67N. The van der Waals surface area contributed by atoms with E-state index in [1.807, 2.05) is 0 Å². The van der Waals surface area contributed by atoms with Gasteiger partial charge in [-0.05, 0) is 90.1 Å². The predicted molar refractivity (Wildman–Crippen MR) is 172 cm³/mol. The monoisotopic (exact) mass is 514 g/mol. The van der Waals surface area contributed by atoms with Crippen molar-refractivity contribution in [3.63, 3.8) is 0 Å². The second-order valence-corrected chi connectivity index (χ2v) is 10.9. The minimum Gasteiger partial charge on any atom is -0.317 e. The van der Waals surface area contributed by atoms with Crippen LogP contribution >= 0.6 is 0 Å². The first-order valence-electron chi connectivity index (χ1n) is 16.7. The fourth-order valence-corrected chi connectivity index (χ4v) is 4.60. The van der Waals surface area contributed by atoms with Crippen LogP contribution in [-0.4, -0.2) is 13.1 Å². The van der Waals surface area contributed by atoms with Crippen LogP contribution in [0.25, 0.3) is 0 Å². The van der Waals surface area contributed by atoms with Crippen LogP contribution in [0, 0.1) is 0 Å². The Kier molecular flexibility index (Phi) is 33.9. The van der Waals surface area contributed by atoms with Crippen molar-refractivity contribution in [1.29, 1.82) is 0 Å². The fourth-order valence-electron chi connectivity index (χ4n) is 4.60. The van der Waals surface area contributed by atoms with Gasteiger partial charge in [-0.15, -0.1) is 0 Å². The molecule has 0 aliphatic heterocycles.